The van der Waals surface area contributed by atoms with Crippen LogP contribution in [0.15, 0.2) is 46.8 Å². The van der Waals surface area contributed by atoms with E-state index < -0.39 is 22.8 Å². The van der Waals surface area contributed by atoms with Gasteiger partial charge in [0.15, 0.2) is 0 Å². The van der Waals surface area contributed by atoms with Crippen molar-refractivity contribution >= 4 is 17.6 Å². The molecule has 2 heterocycles. The number of esters is 1. The Morgan fingerprint density at radius 2 is 1.97 bits per heavy atom. The Labute approximate surface area is 167 Å². The van der Waals surface area contributed by atoms with Crippen LogP contribution in [0.5, 0.6) is 0 Å². The number of nitro groups is 1. The molecule has 2 aliphatic rings. The van der Waals surface area contributed by atoms with Gasteiger partial charge in [0.2, 0.25) is 0 Å². The smallest absolute Gasteiger partial charge is 0.337 e. The van der Waals surface area contributed by atoms with E-state index in [1.54, 1.807) is 19.9 Å². The van der Waals surface area contributed by atoms with Crippen molar-refractivity contribution in [3.8, 4) is 0 Å². The molecule has 0 aliphatic carbocycles. The number of carbonyl (C=O) groups excluding carboxylic acids is 1. The zero-order valence-electron chi connectivity index (χ0n) is 16.2. The first-order valence-electron chi connectivity index (χ1n) is 9.37. The number of ether oxygens (including phenoxy) is 1. The molecule has 0 aromatic heterocycles. The SMILES string of the molecule is CC1=C(C(=O)O)C(c2cccc([N+](=O)[O-])c2)C(C(=O)OC2CCCNC2)=C(C)N1. The van der Waals surface area contributed by atoms with Crippen molar-refractivity contribution in [2.45, 2.75) is 38.7 Å². The summed E-state index contributed by atoms with van der Waals surface area (Å²) in [5, 5.41) is 27.1. The number of nitro benzene ring substituents is 1. The van der Waals surface area contributed by atoms with Gasteiger partial charge in [-0.3, -0.25) is 10.1 Å². The molecule has 2 atom stereocenters. The minimum absolute atomic E-state index is 0.0372. The maximum atomic E-state index is 13.1. The van der Waals surface area contributed by atoms with E-state index in [1.807, 2.05) is 0 Å². The number of non-ortho nitro benzene ring substituents is 1. The molecular weight excluding hydrogens is 378 g/mol. The third kappa shape index (κ3) is 4.29. The molecule has 1 saturated heterocycles. The molecule has 0 spiro atoms. The van der Waals surface area contributed by atoms with Crippen molar-refractivity contribution in [1.82, 2.24) is 10.6 Å². The lowest BCUT2D eigenvalue weighted by Crippen LogP contribution is -2.38. The van der Waals surface area contributed by atoms with Gasteiger partial charge in [0.25, 0.3) is 5.69 Å². The number of benzene rings is 1. The normalized spacial score (nSPS) is 22.1. The van der Waals surface area contributed by atoms with Gasteiger partial charge in [-0.15, -0.1) is 0 Å². The number of piperidine rings is 1. The number of nitrogens with zero attached hydrogens (tertiary/aromatic N) is 1. The maximum absolute atomic E-state index is 13.1. The average molecular weight is 401 g/mol. The summed E-state index contributed by atoms with van der Waals surface area (Å²) in [5.74, 6) is -2.80. The summed E-state index contributed by atoms with van der Waals surface area (Å²) in [6.07, 6.45) is 1.30. The van der Waals surface area contributed by atoms with Crippen LogP contribution in [-0.2, 0) is 14.3 Å². The Kier molecular flexibility index (Phi) is 5.97. The minimum Gasteiger partial charge on any atom is -0.478 e. The van der Waals surface area contributed by atoms with Crippen molar-refractivity contribution in [3.63, 3.8) is 0 Å². The Hall–Kier alpha value is -3.20. The topological polar surface area (TPSA) is 131 Å². The first kappa shape index (κ1) is 20.5. The molecule has 2 aliphatic heterocycles. The molecule has 0 saturated carbocycles. The van der Waals surface area contributed by atoms with Crippen molar-refractivity contribution < 1.29 is 24.4 Å². The van der Waals surface area contributed by atoms with Crippen LogP contribution in [0, 0.1) is 10.1 Å². The number of dihydropyridines is 1. The van der Waals surface area contributed by atoms with E-state index in [4.69, 9.17) is 4.74 Å². The van der Waals surface area contributed by atoms with E-state index in [2.05, 4.69) is 10.6 Å². The van der Waals surface area contributed by atoms with Crippen LogP contribution in [0.3, 0.4) is 0 Å². The van der Waals surface area contributed by atoms with E-state index in [0.29, 0.717) is 23.5 Å². The number of nitrogens with one attached hydrogen (secondary N) is 2. The highest BCUT2D eigenvalue weighted by Crippen LogP contribution is 2.39. The van der Waals surface area contributed by atoms with Crippen molar-refractivity contribution in [3.05, 3.63) is 62.5 Å². The largest absolute Gasteiger partial charge is 0.478 e. The highest BCUT2D eigenvalue weighted by atomic mass is 16.6. The Morgan fingerprint density at radius 1 is 1.24 bits per heavy atom. The van der Waals surface area contributed by atoms with Gasteiger partial charge in [0.05, 0.1) is 22.0 Å². The highest BCUT2D eigenvalue weighted by molar-refractivity contribution is 5.99. The van der Waals surface area contributed by atoms with Crippen molar-refractivity contribution in [1.29, 1.82) is 0 Å². The first-order valence-corrected chi connectivity index (χ1v) is 9.37. The van der Waals surface area contributed by atoms with Crippen LogP contribution in [0.1, 0.15) is 38.2 Å². The zero-order chi connectivity index (χ0) is 21.1. The summed E-state index contributed by atoms with van der Waals surface area (Å²) in [4.78, 5) is 35.7. The van der Waals surface area contributed by atoms with Gasteiger partial charge in [-0.25, -0.2) is 9.59 Å². The van der Waals surface area contributed by atoms with Crippen LogP contribution < -0.4 is 10.6 Å². The quantitative estimate of drug-likeness (QED) is 0.389. The first-order chi connectivity index (χ1) is 13.8. The number of hydrogen-bond acceptors (Lipinski definition) is 7. The molecule has 9 heteroatoms. The Bertz CT molecular complexity index is 915. The lowest BCUT2D eigenvalue weighted by molar-refractivity contribution is -0.384. The second kappa shape index (κ2) is 8.44. The predicted octanol–water partition coefficient (Wildman–Crippen LogP) is 2.21. The molecule has 0 bridgehead atoms. The second-order valence-corrected chi connectivity index (χ2v) is 7.17. The van der Waals surface area contributed by atoms with Gasteiger partial charge in [0, 0.05) is 30.1 Å². The summed E-state index contributed by atoms with van der Waals surface area (Å²) >= 11 is 0. The standard InChI is InChI=1S/C20H23N3O6/c1-11-16(19(24)25)18(13-5-3-6-14(9-13)23(27)28)17(12(2)22-11)20(26)29-15-7-4-8-21-10-15/h3,5-6,9,15,18,21-22H,4,7-8,10H2,1-2H3,(H,24,25). The van der Waals surface area contributed by atoms with Gasteiger partial charge < -0.3 is 20.5 Å². The molecule has 29 heavy (non-hydrogen) atoms. The lowest BCUT2D eigenvalue weighted by Gasteiger charge is -2.31. The predicted molar refractivity (Wildman–Crippen MR) is 104 cm³/mol. The van der Waals surface area contributed by atoms with Crippen LogP contribution in [0.2, 0.25) is 0 Å². The zero-order valence-corrected chi connectivity index (χ0v) is 16.2. The number of carbonyl (C=O) groups is 2. The van der Waals surface area contributed by atoms with Gasteiger partial charge in [-0.2, -0.15) is 0 Å². The van der Waals surface area contributed by atoms with Crippen LogP contribution in [0.25, 0.3) is 0 Å². The summed E-state index contributed by atoms with van der Waals surface area (Å²) < 4.78 is 5.65. The third-order valence-corrected chi connectivity index (χ3v) is 5.15. The van der Waals surface area contributed by atoms with E-state index in [9.17, 15) is 24.8 Å². The monoisotopic (exact) mass is 401 g/mol. The molecule has 9 nitrogen and oxygen atoms in total. The Balaban J connectivity index is 2.05. The summed E-state index contributed by atoms with van der Waals surface area (Å²) in [5.41, 5.74) is 1.14. The summed E-state index contributed by atoms with van der Waals surface area (Å²) in [6.45, 7) is 4.67. The molecule has 3 rings (SSSR count). The lowest BCUT2D eigenvalue weighted by atomic mass is 9.80. The fraction of sp³-hybridized carbons (Fsp3) is 0.400. The van der Waals surface area contributed by atoms with Gasteiger partial charge in [-0.05, 0) is 38.8 Å². The number of aliphatic carboxylic acids is 1. The third-order valence-electron chi connectivity index (χ3n) is 5.15. The molecule has 1 aromatic rings. The summed E-state index contributed by atoms with van der Waals surface area (Å²) in [7, 11) is 0. The van der Waals surface area contributed by atoms with Crippen molar-refractivity contribution in [2.24, 2.45) is 0 Å². The number of rotatable bonds is 5. The molecule has 1 fully saturated rings. The Morgan fingerprint density at radius 3 is 2.59 bits per heavy atom. The van der Waals surface area contributed by atoms with Crippen LogP contribution >= 0.6 is 0 Å². The molecule has 2 unspecified atom stereocenters. The average Bonchev–Trinajstić information content (AvgIpc) is 2.67. The van der Waals surface area contributed by atoms with Crippen LogP contribution in [0.4, 0.5) is 5.69 Å². The number of carboxylic acids is 1. The van der Waals surface area contributed by atoms with Gasteiger partial charge in [-0.1, -0.05) is 12.1 Å². The van der Waals surface area contributed by atoms with E-state index >= 15 is 0 Å². The fourth-order valence-electron chi connectivity index (χ4n) is 3.83. The van der Waals surface area contributed by atoms with Gasteiger partial charge >= 0.3 is 11.9 Å². The number of hydrogen-bond donors (Lipinski definition) is 3. The van der Waals surface area contributed by atoms with Gasteiger partial charge in [0.1, 0.15) is 6.10 Å². The van der Waals surface area contributed by atoms with E-state index in [0.717, 1.165) is 19.4 Å². The van der Waals surface area contributed by atoms with Crippen molar-refractivity contribution in [2.75, 3.05) is 13.1 Å². The molecule has 3 N–H and O–H groups in total. The molecule has 154 valence electrons. The highest BCUT2D eigenvalue weighted by Gasteiger charge is 2.38. The van der Waals surface area contributed by atoms with E-state index in [1.165, 1.54) is 18.2 Å². The summed E-state index contributed by atoms with van der Waals surface area (Å²) in [6, 6.07) is 5.69. The number of allylic oxidation sites excluding steroid dienone is 2. The van der Waals surface area contributed by atoms with Crippen LogP contribution in [-0.4, -0.2) is 41.2 Å². The number of carboxylic acid groups (broad SMARTS) is 1. The maximum Gasteiger partial charge on any atom is 0.337 e. The minimum atomic E-state index is -1.20. The van der Waals surface area contributed by atoms with E-state index in [-0.39, 0.29) is 22.9 Å². The molecular formula is C20H23N3O6. The molecule has 0 amide bonds. The molecule has 0 radical (unpaired) electrons. The fourth-order valence-corrected chi connectivity index (χ4v) is 3.83. The molecule has 1 aromatic carbocycles. The second-order valence-electron chi connectivity index (χ2n) is 7.17.